The minimum atomic E-state index is -0.0486. The van der Waals surface area contributed by atoms with Crippen molar-refractivity contribution >= 4 is 22.6 Å². The number of nitrogens with one attached hydrogen (secondary N) is 3. The highest BCUT2D eigenvalue weighted by Crippen LogP contribution is 2.31. The van der Waals surface area contributed by atoms with E-state index in [1.165, 1.54) is 0 Å². The number of aromatic amines is 2. The number of hydrogen-bond acceptors (Lipinski definition) is 2. The van der Waals surface area contributed by atoms with Gasteiger partial charge < -0.3 is 15.2 Å². The van der Waals surface area contributed by atoms with Crippen LogP contribution in [0.25, 0.3) is 10.9 Å². The summed E-state index contributed by atoms with van der Waals surface area (Å²) in [5.74, 6) is 0. The third-order valence-electron chi connectivity index (χ3n) is 4.67. The van der Waals surface area contributed by atoms with Crippen LogP contribution in [0.4, 0.5) is 10.5 Å². The van der Waals surface area contributed by atoms with E-state index in [1.54, 1.807) is 0 Å². The van der Waals surface area contributed by atoms with Gasteiger partial charge in [-0.15, -0.1) is 0 Å². The first-order chi connectivity index (χ1) is 11.7. The van der Waals surface area contributed by atoms with Crippen molar-refractivity contribution in [1.82, 2.24) is 20.1 Å². The molecule has 2 aromatic heterocycles. The molecule has 3 N–H and O–H groups in total. The largest absolute Gasteiger partial charge is 0.359 e. The monoisotopic (exact) mass is 323 g/mol. The van der Waals surface area contributed by atoms with Crippen molar-refractivity contribution in [2.45, 2.75) is 32.2 Å². The zero-order chi connectivity index (χ0) is 16.5. The number of fused-ring (bicyclic) bond motifs is 1. The number of amides is 2. The molecule has 0 bridgehead atoms. The van der Waals surface area contributed by atoms with Gasteiger partial charge in [0.05, 0.1) is 12.2 Å². The Hall–Kier alpha value is -2.76. The van der Waals surface area contributed by atoms with Gasteiger partial charge in [-0.2, -0.15) is 5.10 Å². The molecule has 6 nitrogen and oxygen atoms in total. The number of carbonyl (C=O) groups is 1. The van der Waals surface area contributed by atoms with Crippen LogP contribution in [0, 0.1) is 6.92 Å². The fourth-order valence-electron chi connectivity index (χ4n) is 3.52. The summed E-state index contributed by atoms with van der Waals surface area (Å²) in [5, 5.41) is 11.0. The lowest BCUT2D eigenvalue weighted by Gasteiger charge is -2.35. The Morgan fingerprint density at radius 3 is 3.08 bits per heavy atom. The second kappa shape index (κ2) is 6.03. The molecule has 1 unspecified atom stereocenters. The van der Waals surface area contributed by atoms with Gasteiger partial charge in [-0.1, -0.05) is 0 Å². The minimum Gasteiger partial charge on any atom is -0.359 e. The summed E-state index contributed by atoms with van der Waals surface area (Å²) in [6.45, 7) is 2.80. The number of H-pyrrole nitrogens is 2. The highest BCUT2D eigenvalue weighted by molar-refractivity contribution is 5.93. The van der Waals surface area contributed by atoms with Gasteiger partial charge in [0.25, 0.3) is 0 Å². The van der Waals surface area contributed by atoms with Crippen LogP contribution in [0.2, 0.25) is 0 Å². The Morgan fingerprint density at radius 1 is 1.33 bits per heavy atom. The predicted octanol–water partition coefficient (Wildman–Crippen LogP) is 3.96. The molecule has 6 heteroatoms. The topological polar surface area (TPSA) is 76.8 Å². The van der Waals surface area contributed by atoms with Crippen molar-refractivity contribution in [3.8, 4) is 0 Å². The van der Waals surface area contributed by atoms with Gasteiger partial charge in [-0.25, -0.2) is 4.79 Å². The van der Waals surface area contributed by atoms with Crippen LogP contribution >= 0.6 is 0 Å². The van der Waals surface area contributed by atoms with Crippen LogP contribution in [-0.2, 0) is 0 Å². The number of anilines is 1. The summed E-state index contributed by atoms with van der Waals surface area (Å²) in [6, 6.07) is 8.07. The number of aryl methyl sites for hydroxylation is 1. The van der Waals surface area contributed by atoms with Crippen LogP contribution in [0.15, 0.2) is 36.7 Å². The summed E-state index contributed by atoms with van der Waals surface area (Å²) in [6.07, 6.45) is 6.84. The van der Waals surface area contributed by atoms with Crippen molar-refractivity contribution in [2.24, 2.45) is 0 Å². The highest BCUT2D eigenvalue weighted by atomic mass is 16.2. The van der Waals surface area contributed by atoms with Crippen LogP contribution in [0.1, 0.15) is 36.6 Å². The molecule has 1 atom stereocenters. The van der Waals surface area contributed by atoms with Crippen LogP contribution in [0.5, 0.6) is 0 Å². The van der Waals surface area contributed by atoms with Crippen molar-refractivity contribution in [3.63, 3.8) is 0 Å². The Kier molecular flexibility index (Phi) is 3.72. The Bertz CT molecular complexity index is 852. The molecule has 24 heavy (non-hydrogen) atoms. The van der Waals surface area contributed by atoms with Gasteiger partial charge in [0.1, 0.15) is 0 Å². The SMILES string of the molecule is Cc1cc2cc(NC(=O)N3CCCCC3c3cn[nH]c3)ccc2[nH]1. The Morgan fingerprint density at radius 2 is 2.25 bits per heavy atom. The molecule has 0 saturated carbocycles. The van der Waals surface area contributed by atoms with Crippen molar-refractivity contribution in [3.05, 3.63) is 47.9 Å². The first-order valence-corrected chi connectivity index (χ1v) is 8.36. The van der Waals surface area contributed by atoms with Gasteiger partial charge in [0, 0.05) is 40.6 Å². The second-order valence-corrected chi connectivity index (χ2v) is 6.42. The fraction of sp³-hybridized carbons (Fsp3) is 0.333. The number of hydrogen-bond donors (Lipinski definition) is 3. The summed E-state index contributed by atoms with van der Waals surface area (Å²) < 4.78 is 0. The van der Waals surface area contributed by atoms with Crippen molar-refractivity contribution in [2.75, 3.05) is 11.9 Å². The van der Waals surface area contributed by atoms with Crippen LogP contribution in [-0.4, -0.2) is 32.7 Å². The molecule has 3 aromatic rings. The van der Waals surface area contributed by atoms with E-state index in [0.29, 0.717) is 0 Å². The maximum absolute atomic E-state index is 12.8. The van der Waals surface area contributed by atoms with Gasteiger partial charge in [0.15, 0.2) is 0 Å². The van der Waals surface area contributed by atoms with Gasteiger partial charge in [-0.3, -0.25) is 5.10 Å². The fourth-order valence-corrected chi connectivity index (χ4v) is 3.52. The number of carbonyl (C=O) groups excluding carboxylic acids is 1. The predicted molar refractivity (Wildman–Crippen MR) is 93.9 cm³/mol. The first kappa shape index (κ1) is 14.8. The molecule has 1 aromatic carbocycles. The smallest absolute Gasteiger partial charge is 0.322 e. The standard InChI is InChI=1S/C18H21N5O/c1-12-8-13-9-15(5-6-16(13)21-12)22-18(24)23-7-3-2-4-17(23)14-10-19-20-11-14/h5-6,8-11,17,21H,2-4,7H2,1H3,(H,19,20)(H,22,24). The van der Waals surface area contributed by atoms with Gasteiger partial charge in [-0.05, 0) is 50.5 Å². The third-order valence-corrected chi connectivity index (χ3v) is 4.67. The zero-order valence-corrected chi connectivity index (χ0v) is 13.7. The molecular formula is C18H21N5O. The Balaban J connectivity index is 1.54. The van der Waals surface area contributed by atoms with E-state index in [1.807, 2.05) is 42.4 Å². The molecule has 0 radical (unpaired) electrons. The van der Waals surface area contributed by atoms with Crippen molar-refractivity contribution < 1.29 is 4.79 Å². The lowest BCUT2D eigenvalue weighted by Crippen LogP contribution is -2.41. The van der Waals surface area contributed by atoms with E-state index >= 15 is 0 Å². The molecular weight excluding hydrogens is 302 g/mol. The number of urea groups is 1. The van der Waals surface area contributed by atoms with E-state index in [2.05, 4.69) is 26.6 Å². The molecule has 0 spiro atoms. The molecule has 4 rings (SSSR count). The van der Waals surface area contributed by atoms with E-state index in [-0.39, 0.29) is 12.1 Å². The number of benzene rings is 1. The van der Waals surface area contributed by atoms with Gasteiger partial charge in [0.2, 0.25) is 0 Å². The summed E-state index contributed by atoms with van der Waals surface area (Å²) in [5.41, 5.74) is 4.09. The number of rotatable bonds is 2. The molecule has 124 valence electrons. The maximum atomic E-state index is 12.8. The summed E-state index contributed by atoms with van der Waals surface area (Å²) in [7, 11) is 0. The van der Waals surface area contributed by atoms with E-state index in [4.69, 9.17) is 0 Å². The quantitative estimate of drug-likeness (QED) is 0.667. The summed E-state index contributed by atoms with van der Waals surface area (Å²) in [4.78, 5) is 18.0. The molecule has 0 aliphatic carbocycles. The molecule has 1 aliphatic heterocycles. The normalized spacial score (nSPS) is 18.0. The van der Waals surface area contributed by atoms with E-state index in [0.717, 1.165) is 53.7 Å². The van der Waals surface area contributed by atoms with Gasteiger partial charge >= 0.3 is 6.03 Å². The molecule has 3 heterocycles. The molecule has 1 aliphatic rings. The zero-order valence-electron chi connectivity index (χ0n) is 13.7. The highest BCUT2D eigenvalue weighted by Gasteiger charge is 2.28. The molecule has 1 fully saturated rings. The number of nitrogens with zero attached hydrogens (tertiary/aromatic N) is 2. The Labute approximate surface area is 140 Å². The lowest BCUT2D eigenvalue weighted by molar-refractivity contribution is 0.163. The van der Waals surface area contributed by atoms with Crippen LogP contribution < -0.4 is 5.32 Å². The number of piperidine rings is 1. The van der Waals surface area contributed by atoms with Crippen LogP contribution in [0.3, 0.4) is 0 Å². The molecule has 1 saturated heterocycles. The second-order valence-electron chi connectivity index (χ2n) is 6.42. The van der Waals surface area contributed by atoms with Crippen molar-refractivity contribution in [1.29, 1.82) is 0 Å². The molecule has 2 amide bonds. The maximum Gasteiger partial charge on any atom is 0.322 e. The number of likely N-dealkylation sites (tertiary alicyclic amines) is 1. The number of aromatic nitrogens is 3. The lowest BCUT2D eigenvalue weighted by atomic mass is 9.98. The summed E-state index contributed by atoms with van der Waals surface area (Å²) >= 11 is 0. The van der Waals surface area contributed by atoms with E-state index in [9.17, 15) is 4.79 Å². The minimum absolute atomic E-state index is 0.0486. The third kappa shape index (κ3) is 2.75. The average Bonchev–Trinajstić information content (AvgIpc) is 3.23. The van der Waals surface area contributed by atoms with E-state index < -0.39 is 0 Å². The first-order valence-electron chi connectivity index (χ1n) is 8.36. The average molecular weight is 323 g/mol.